The third kappa shape index (κ3) is 5.81. The van der Waals surface area contributed by atoms with Crippen LogP contribution in [0, 0.1) is 0 Å². The number of hydrazine groups is 1. The number of nitrogens with one attached hydrogen (secondary N) is 2. The molecule has 0 bridgehead atoms. The van der Waals surface area contributed by atoms with Gasteiger partial charge in [0.15, 0.2) is 0 Å². The van der Waals surface area contributed by atoms with Crippen LogP contribution in [-0.4, -0.2) is 42.7 Å². The van der Waals surface area contributed by atoms with E-state index in [1.807, 2.05) is 74.6 Å². The second-order valence-corrected chi connectivity index (χ2v) is 7.36. The van der Waals surface area contributed by atoms with Gasteiger partial charge in [-0.15, -0.1) is 0 Å². The minimum Gasteiger partial charge on any atom is -0.455 e. The predicted octanol–water partition coefficient (Wildman–Crippen LogP) is 3.18. The van der Waals surface area contributed by atoms with Gasteiger partial charge in [-0.3, -0.25) is 4.79 Å². The molecule has 2 aromatic rings. The number of benzene rings is 2. The Kier molecular flexibility index (Phi) is 7.82. The third-order valence-corrected chi connectivity index (χ3v) is 5.18. The quantitative estimate of drug-likeness (QED) is 0.681. The van der Waals surface area contributed by atoms with E-state index in [2.05, 4.69) is 10.7 Å². The molecule has 7 nitrogen and oxygen atoms in total. The molecule has 30 heavy (non-hydrogen) atoms. The Bertz CT molecular complexity index is 816. The standard InChI is InChI=1S/C23H29N3O4/c1-17(24-2)21(19-12-7-4-8-13-19)30-22(27)20-14-9-15-26(25-20)23(28)29-16-18-10-5-3-6-11-18/h3-8,10-13,17,20-21,24-25H,9,14-16H2,1-2H3. The van der Waals surface area contributed by atoms with Crippen molar-refractivity contribution in [1.82, 2.24) is 15.8 Å². The number of carbonyl (C=O) groups is 2. The first-order chi connectivity index (χ1) is 14.6. The SMILES string of the molecule is CNC(C)C(OC(=O)C1CCCN(C(=O)OCc2ccccc2)N1)c1ccccc1. The number of ether oxygens (including phenoxy) is 2. The summed E-state index contributed by atoms with van der Waals surface area (Å²) in [5.74, 6) is -0.383. The van der Waals surface area contributed by atoms with Crippen LogP contribution in [0.15, 0.2) is 60.7 Å². The maximum Gasteiger partial charge on any atom is 0.424 e. The fourth-order valence-corrected chi connectivity index (χ4v) is 3.34. The van der Waals surface area contributed by atoms with Gasteiger partial charge >= 0.3 is 12.1 Å². The van der Waals surface area contributed by atoms with Crippen LogP contribution >= 0.6 is 0 Å². The van der Waals surface area contributed by atoms with E-state index in [-0.39, 0.29) is 18.6 Å². The molecule has 0 aromatic heterocycles. The van der Waals surface area contributed by atoms with E-state index in [0.717, 1.165) is 11.1 Å². The Morgan fingerprint density at radius 2 is 1.80 bits per heavy atom. The number of amides is 1. The molecule has 0 saturated carbocycles. The molecule has 1 amide bonds. The van der Waals surface area contributed by atoms with Gasteiger partial charge in [-0.2, -0.15) is 0 Å². The van der Waals surface area contributed by atoms with Gasteiger partial charge in [-0.05, 0) is 37.9 Å². The molecule has 1 heterocycles. The zero-order valence-electron chi connectivity index (χ0n) is 17.4. The van der Waals surface area contributed by atoms with Gasteiger partial charge in [-0.25, -0.2) is 15.2 Å². The lowest BCUT2D eigenvalue weighted by molar-refractivity contribution is -0.156. The maximum atomic E-state index is 12.9. The summed E-state index contributed by atoms with van der Waals surface area (Å²) < 4.78 is 11.2. The van der Waals surface area contributed by atoms with E-state index in [1.165, 1.54) is 5.01 Å². The van der Waals surface area contributed by atoms with Crippen molar-refractivity contribution in [3.05, 3.63) is 71.8 Å². The Morgan fingerprint density at radius 3 is 2.47 bits per heavy atom. The summed E-state index contributed by atoms with van der Waals surface area (Å²) in [4.78, 5) is 25.3. The Hall–Kier alpha value is -2.90. The molecular formula is C23H29N3O4. The molecule has 160 valence electrons. The van der Waals surface area contributed by atoms with Crippen LogP contribution in [0.2, 0.25) is 0 Å². The fourth-order valence-electron chi connectivity index (χ4n) is 3.34. The second-order valence-electron chi connectivity index (χ2n) is 7.36. The van der Waals surface area contributed by atoms with Crippen LogP contribution in [0.1, 0.15) is 37.0 Å². The van der Waals surface area contributed by atoms with E-state index >= 15 is 0 Å². The first-order valence-corrected chi connectivity index (χ1v) is 10.3. The average molecular weight is 412 g/mol. The molecule has 1 aliphatic rings. The van der Waals surface area contributed by atoms with E-state index in [9.17, 15) is 9.59 Å². The van der Waals surface area contributed by atoms with E-state index < -0.39 is 18.2 Å². The summed E-state index contributed by atoms with van der Waals surface area (Å²) in [7, 11) is 1.83. The molecular weight excluding hydrogens is 382 g/mol. The average Bonchev–Trinajstić information content (AvgIpc) is 2.81. The van der Waals surface area contributed by atoms with Crippen LogP contribution in [-0.2, 0) is 20.9 Å². The predicted molar refractivity (Wildman–Crippen MR) is 113 cm³/mol. The highest BCUT2D eigenvalue weighted by Crippen LogP contribution is 2.23. The molecule has 1 saturated heterocycles. The number of hydrogen-bond donors (Lipinski definition) is 2. The number of esters is 1. The van der Waals surface area contributed by atoms with Crippen LogP contribution < -0.4 is 10.7 Å². The molecule has 7 heteroatoms. The molecule has 1 aliphatic heterocycles. The van der Waals surface area contributed by atoms with Crippen LogP contribution in [0.4, 0.5) is 4.79 Å². The third-order valence-electron chi connectivity index (χ3n) is 5.18. The van der Waals surface area contributed by atoms with Gasteiger partial charge in [-0.1, -0.05) is 60.7 Å². The number of nitrogens with zero attached hydrogens (tertiary/aromatic N) is 1. The fraction of sp³-hybridized carbons (Fsp3) is 0.391. The highest BCUT2D eigenvalue weighted by molar-refractivity contribution is 5.77. The van der Waals surface area contributed by atoms with Crippen molar-refractivity contribution in [2.24, 2.45) is 0 Å². The van der Waals surface area contributed by atoms with Gasteiger partial charge in [0.1, 0.15) is 18.8 Å². The molecule has 0 spiro atoms. The number of hydrogen-bond acceptors (Lipinski definition) is 6. The monoisotopic (exact) mass is 411 g/mol. The first-order valence-electron chi connectivity index (χ1n) is 10.3. The molecule has 3 atom stereocenters. The van der Waals surface area contributed by atoms with Crippen LogP contribution in [0.5, 0.6) is 0 Å². The van der Waals surface area contributed by atoms with E-state index in [1.54, 1.807) is 0 Å². The van der Waals surface area contributed by atoms with Gasteiger partial charge in [0, 0.05) is 12.6 Å². The highest BCUT2D eigenvalue weighted by Gasteiger charge is 2.32. The first kappa shape index (κ1) is 21.8. The minimum absolute atomic E-state index is 0.0631. The van der Waals surface area contributed by atoms with Crippen LogP contribution in [0.3, 0.4) is 0 Å². The van der Waals surface area contributed by atoms with E-state index in [4.69, 9.17) is 9.47 Å². The van der Waals surface area contributed by atoms with Gasteiger partial charge in [0.05, 0.1) is 0 Å². The van der Waals surface area contributed by atoms with Crippen molar-refractivity contribution in [2.45, 2.75) is 44.6 Å². The van der Waals surface area contributed by atoms with Gasteiger partial charge < -0.3 is 14.8 Å². The summed E-state index contributed by atoms with van der Waals surface area (Å²) in [5, 5.41) is 4.51. The normalized spacial score (nSPS) is 18.3. The van der Waals surface area contributed by atoms with Gasteiger partial charge in [0.2, 0.25) is 0 Å². The van der Waals surface area contributed by atoms with Crippen molar-refractivity contribution in [3.63, 3.8) is 0 Å². The Morgan fingerprint density at radius 1 is 1.13 bits per heavy atom. The molecule has 2 N–H and O–H groups in total. The molecule has 0 radical (unpaired) electrons. The molecule has 0 aliphatic carbocycles. The number of likely N-dealkylation sites (N-methyl/N-ethyl adjacent to an activating group) is 1. The largest absolute Gasteiger partial charge is 0.455 e. The summed E-state index contributed by atoms with van der Waals surface area (Å²) in [6.07, 6.45) is 0.354. The summed E-state index contributed by atoms with van der Waals surface area (Å²) >= 11 is 0. The van der Waals surface area contributed by atoms with Crippen molar-refractivity contribution in [2.75, 3.05) is 13.6 Å². The van der Waals surface area contributed by atoms with Crippen molar-refractivity contribution < 1.29 is 19.1 Å². The van der Waals surface area contributed by atoms with Crippen molar-refractivity contribution in [3.8, 4) is 0 Å². The highest BCUT2D eigenvalue weighted by atomic mass is 16.6. The van der Waals surface area contributed by atoms with Gasteiger partial charge in [0.25, 0.3) is 0 Å². The van der Waals surface area contributed by atoms with Crippen LogP contribution in [0.25, 0.3) is 0 Å². The van der Waals surface area contributed by atoms with Crippen molar-refractivity contribution in [1.29, 1.82) is 0 Å². The lowest BCUT2D eigenvalue weighted by Gasteiger charge is -2.33. The molecule has 3 rings (SSSR count). The number of rotatable bonds is 7. The zero-order chi connectivity index (χ0) is 21.3. The lowest BCUT2D eigenvalue weighted by Crippen LogP contribution is -2.55. The zero-order valence-corrected chi connectivity index (χ0v) is 17.4. The number of carbonyl (C=O) groups excluding carboxylic acids is 2. The molecule has 3 unspecified atom stereocenters. The summed E-state index contributed by atoms with van der Waals surface area (Å²) in [5.41, 5.74) is 4.79. The topological polar surface area (TPSA) is 79.9 Å². The summed E-state index contributed by atoms with van der Waals surface area (Å²) in [6, 6.07) is 18.5. The Labute approximate surface area is 177 Å². The molecule has 2 aromatic carbocycles. The minimum atomic E-state index is -0.599. The second kappa shape index (κ2) is 10.8. The maximum absolute atomic E-state index is 12.9. The smallest absolute Gasteiger partial charge is 0.424 e. The molecule has 1 fully saturated rings. The summed E-state index contributed by atoms with van der Waals surface area (Å²) in [6.45, 7) is 2.63. The Balaban J connectivity index is 1.58. The van der Waals surface area contributed by atoms with Crippen molar-refractivity contribution >= 4 is 12.1 Å². The van der Waals surface area contributed by atoms with E-state index in [0.29, 0.717) is 19.4 Å². The lowest BCUT2D eigenvalue weighted by atomic mass is 10.0.